The average Bonchev–Trinajstić information content (AvgIpc) is 2.95. The Morgan fingerprint density at radius 1 is 1.11 bits per heavy atom. The van der Waals surface area contributed by atoms with E-state index in [1.807, 2.05) is 18.2 Å². The molecule has 5 nitrogen and oxygen atoms in total. The molecule has 2 aromatic carbocycles. The van der Waals surface area contributed by atoms with Crippen LogP contribution in [0.15, 0.2) is 72.6 Å². The van der Waals surface area contributed by atoms with Gasteiger partial charge in [0.1, 0.15) is 0 Å². The molecule has 0 spiro atoms. The van der Waals surface area contributed by atoms with E-state index < -0.39 is 20.9 Å². The molecule has 28 heavy (non-hydrogen) atoms. The van der Waals surface area contributed by atoms with Gasteiger partial charge in [0.15, 0.2) is 0 Å². The smallest absolute Gasteiger partial charge is 0.238 e. The predicted octanol–water partition coefficient (Wildman–Crippen LogP) is 4.86. The Morgan fingerprint density at radius 3 is 2.36 bits per heavy atom. The van der Waals surface area contributed by atoms with E-state index >= 15 is 0 Å². The Kier molecular flexibility index (Phi) is 6.58. The number of amides is 1. The molecule has 1 aliphatic heterocycles. The number of nitrogens with two attached hydrogens (primary N) is 1. The first-order chi connectivity index (χ1) is 13.1. The monoisotopic (exact) mass is 520 g/mol. The number of sulfonamides is 1. The zero-order chi connectivity index (χ0) is 20.5. The highest BCUT2D eigenvalue weighted by molar-refractivity contribution is 9.14. The highest BCUT2D eigenvalue weighted by Gasteiger charge is 2.21. The van der Waals surface area contributed by atoms with Crippen molar-refractivity contribution in [1.82, 2.24) is 0 Å². The molecule has 1 heterocycles. The van der Waals surface area contributed by atoms with Gasteiger partial charge >= 0.3 is 0 Å². The summed E-state index contributed by atoms with van der Waals surface area (Å²) in [6, 6.07) is 11.1. The fourth-order valence-corrected chi connectivity index (χ4v) is 7.35. The van der Waals surface area contributed by atoms with Crippen LogP contribution in [0.2, 0.25) is 5.02 Å². The van der Waals surface area contributed by atoms with Gasteiger partial charge in [0, 0.05) is 14.4 Å². The van der Waals surface area contributed by atoms with Crippen LogP contribution in [0.1, 0.15) is 5.56 Å². The van der Waals surface area contributed by atoms with Crippen molar-refractivity contribution in [2.45, 2.75) is 16.2 Å². The van der Waals surface area contributed by atoms with Gasteiger partial charge in [-0.3, -0.25) is 4.79 Å². The first kappa shape index (κ1) is 21.4. The molecule has 3 rings (SSSR count). The first-order valence-electron chi connectivity index (χ1n) is 7.89. The second-order valence-corrected chi connectivity index (χ2v) is 12.1. The molecule has 0 radical (unpaired) electrons. The topological polar surface area (TPSA) is 89.3 Å². The lowest BCUT2D eigenvalue weighted by atomic mass is 10.1. The summed E-state index contributed by atoms with van der Waals surface area (Å²) in [5.41, 5.74) is 1.26. The summed E-state index contributed by atoms with van der Waals surface area (Å²) >= 11 is 16.2. The van der Waals surface area contributed by atoms with Crippen LogP contribution in [0, 0.1) is 0 Å². The quantitative estimate of drug-likeness (QED) is 0.491. The van der Waals surface area contributed by atoms with Gasteiger partial charge in [-0.2, -0.15) is 10.9 Å². The van der Waals surface area contributed by atoms with Crippen LogP contribution in [0.3, 0.4) is 0 Å². The number of nitrogens with one attached hydrogen (secondary N) is 1. The van der Waals surface area contributed by atoms with Crippen LogP contribution in [0.5, 0.6) is 0 Å². The zero-order valence-corrected chi connectivity index (χ0v) is 19.0. The normalized spacial score (nSPS) is 17.8. The summed E-state index contributed by atoms with van der Waals surface area (Å²) in [6.45, 7) is 0. The van der Waals surface area contributed by atoms with Crippen molar-refractivity contribution in [1.29, 1.82) is 0 Å². The second-order valence-electron chi connectivity index (χ2n) is 5.89. The van der Waals surface area contributed by atoms with Gasteiger partial charge in [-0.25, -0.2) is 13.6 Å². The first-order valence-corrected chi connectivity index (χ1v) is 12.3. The lowest BCUT2D eigenvalue weighted by molar-refractivity contribution is -0.115. The number of allylic oxidation sites excluding steroid dienone is 2. The number of carbonyl (C=O) groups is 1. The summed E-state index contributed by atoms with van der Waals surface area (Å²) in [7, 11) is -4.69. The molecular weight excluding hydrogens is 507 g/mol. The van der Waals surface area contributed by atoms with Gasteiger partial charge < -0.3 is 5.32 Å². The predicted molar refractivity (Wildman–Crippen MR) is 120 cm³/mol. The van der Waals surface area contributed by atoms with Crippen molar-refractivity contribution in [2.24, 2.45) is 5.14 Å². The molecule has 0 aliphatic carbocycles. The molecule has 0 saturated carbocycles. The number of carbonyl (C=O) groups excluding carboxylic acids is 1. The lowest BCUT2D eigenvalue weighted by Crippen LogP contribution is -2.15. The van der Waals surface area contributed by atoms with Gasteiger partial charge in [0.25, 0.3) is 0 Å². The molecule has 0 bridgehead atoms. The Hall–Kier alpha value is -1.29. The maximum absolute atomic E-state index is 12.4. The number of halogens is 3. The number of benzene rings is 2. The van der Waals surface area contributed by atoms with Crippen LogP contribution in [0.4, 0.5) is 5.69 Å². The van der Waals surface area contributed by atoms with Crippen molar-refractivity contribution in [3.05, 3.63) is 73.4 Å². The minimum atomic E-state index is -3.77. The van der Waals surface area contributed by atoms with E-state index in [4.69, 9.17) is 28.3 Å². The molecule has 1 unspecified atom stereocenters. The maximum Gasteiger partial charge on any atom is 0.238 e. The van der Waals surface area contributed by atoms with E-state index in [1.165, 1.54) is 24.3 Å². The van der Waals surface area contributed by atoms with E-state index in [0.29, 0.717) is 15.1 Å². The summed E-state index contributed by atoms with van der Waals surface area (Å²) in [5, 5.41) is 8.38. The number of thiol groups is 1. The van der Waals surface area contributed by atoms with E-state index in [9.17, 15) is 13.2 Å². The highest BCUT2D eigenvalue weighted by Crippen LogP contribution is 2.59. The molecule has 3 N–H and O–H groups in total. The summed E-state index contributed by atoms with van der Waals surface area (Å²) in [4.78, 5) is 13.2. The van der Waals surface area contributed by atoms with Crippen molar-refractivity contribution in [3.63, 3.8) is 0 Å². The van der Waals surface area contributed by atoms with Crippen molar-refractivity contribution in [2.75, 3.05) is 5.32 Å². The molecule has 1 amide bonds. The summed E-state index contributed by atoms with van der Waals surface area (Å²) < 4.78 is 24.2. The molecule has 148 valence electrons. The second kappa shape index (κ2) is 8.61. The van der Waals surface area contributed by atoms with Gasteiger partial charge in [0.05, 0.1) is 20.7 Å². The molecule has 10 heteroatoms. The van der Waals surface area contributed by atoms with Crippen LogP contribution >= 0.6 is 50.0 Å². The maximum atomic E-state index is 12.4. The van der Waals surface area contributed by atoms with Gasteiger partial charge in [-0.05, 0) is 70.0 Å². The average molecular weight is 522 g/mol. The SMILES string of the molecule is NS(=O)(=O)c1ccc(NC(=O)Cc2ccc(Cl)c([SH]3C(Cl)=CC=C3Br)c2)cc1. The zero-order valence-electron chi connectivity index (χ0n) is 14.2. The van der Waals surface area contributed by atoms with Crippen LogP contribution in [-0.2, 0) is 21.2 Å². The fraction of sp³-hybridized carbons (Fsp3) is 0.0556. The van der Waals surface area contributed by atoms with Crippen LogP contribution in [-0.4, -0.2) is 14.3 Å². The molecule has 0 saturated heterocycles. The van der Waals surface area contributed by atoms with E-state index in [0.717, 1.165) is 14.3 Å². The Bertz CT molecular complexity index is 1080. The van der Waals surface area contributed by atoms with E-state index in [2.05, 4.69) is 21.2 Å². The molecular formula is C18H15BrCl2N2O3S2. The van der Waals surface area contributed by atoms with Gasteiger partial charge in [-0.15, -0.1) is 0 Å². The molecule has 2 aromatic rings. The lowest BCUT2D eigenvalue weighted by Gasteiger charge is -2.19. The van der Waals surface area contributed by atoms with Gasteiger partial charge in [0.2, 0.25) is 15.9 Å². The van der Waals surface area contributed by atoms with Crippen molar-refractivity contribution in [3.8, 4) is 0 Å². The minimum Gasteiger partial charge on any atom is -0.326 e. The van der Waals surface area contributed by atoms with Crippen molar-refractivity contribution < 1.29 is 13.2 Å². The molecule has 1 atom stereocenters. The van der Waals surface area contributed by atoms with Crippen molar-refractivity contribution >= 4 is 71.6 Å². The number of hydrogen-bond acceptors (Lipinski definition) is 3. The molecule has 0 aromatic heterocycles. The number of rotatable bonds is 5. The summed E-state index contributed by atoms with van der Waals surface area (Å²) in [6.07, 6.45) is 3.86. The number of primary sulfonamides is 1. The van der Waals surface area contributed by atoms with Crippen LogP contribution in [0.25, 0.3) is 0 Å². The fourth-order valence-electron chi connectivity index (χ4n) is 2.58. The summed E-state index contributed by atoms with van der Waals surface area (Å²) in [5.74, 6) is -0.243. The number of hydrogen-bond donors (Lipinski definition) is 3. The van der Waals surface area contributed by atoms with Gasteiger partial charge in [-0.1, -0.05) is 29.3 Å². The Balaban J connectivity index is 1.73. The Labute approximate surface area is 184 Å². The van der Waals surface area contributed by atoms with E-state index in [1.54, 1.807) is 12.1 Å². The molecule has 0 fully saturated rings. The number of anilines is 1. The third kappa shape index (κ3) is 5.00. The third-order valence-corrected chi connectivity index (χ3v) is 9.22. The molecule has 1 aliphatic rings. The third-order valence-electron chi connectivity index (χ3n) is 3.87. The largest absolute Gasteiger partial charge is 0.326 e. The standard InChI is InChI=1S/C18H15BrCl2N2O3S2/c19-16-7-8-17(21)27(16)15-9-11(1-6-14(15)20)10-18(24)23-12-2-4-13(5-3-12)28(22,25)26/h1-9,27H,10H2,(H,23,24)(H2,22,25,26). The van der Waals surface area contributed by atoms with Crippen LogP contribution < -0.4 is 10.5 Å². The Morgan fingerprint density at radius 2 is 1.79 bits per heavy atom. The highest BCUT2D eigenvalue weighted by atomic mass is 79.9. The minimum absolute atomic E-state index is 0.0183. The van der Waals surface area contributed by atoms with E-state index in [-0.39, 0.29) is 17.2 Å².